The van der Waals surface area contributed by atoms with Crippen LogP contribution in [-0.2, 0) is 4.79 Å². The predicted octanol–water partition coefficient (Wildman–Crippen LogP) is 2.88. The van der Waals surface area contributed by atoms with Gasteiger partial charge < -0.3 is 16.0 Å². The molecule has 0 bridgehead atoms. The number of hydrogen-bond acceptors (Lipinski definition) is 3. The van der Waals surface area contributed by atoms with E-state index in [1.807, 2.05) is 6.92 Å². The van der Waals surface area contributed by atoms with E-state index in [0.29, 0.717) is 57.4 Å². The number of guanidine groups is 1. The second kappa shape index (κ2) is 13.5. The van der Waals surface area contributed by atoms with Crippen molar-refractivity contribution in [3.05, 3.63) is 0 Å². The molecule has 0 spiro atoms. The third kappa shape index (κ3) is 11.3. The van der Waals surface area contributed by atoms with E-state index in [4.69, 9.17) is 0 Å². The zero-order valence-electron chi connectivity index (χ0n) is 17.2. The quantitative estimate of drug-likeness (QED) is 0.194. The number of carbonyl (C=O) groups is 1. The number of nitrogens with zero attached hydrogens (tertiary/aromatic N) is 2. The third-order valence-electron chi connectivity index (χ3n) is 5.26. The fraction of sp³-hybridized carbons (Fsp3) is 0.895. The van der Waals surface area contributed by atoms with Crippen molar-refractivity contribution in [2.45, 2.75) is 64.1 Å². The zero-order valence-corrected chi connectivity index (χ0v) is 19.5. The minimum absolute atomic E-state index is 0. The van der Waals surface area contributed by atoms with E-state index >= 15 is 0 Å². The first-order valence-corrected chi connectivity index (χ1v) is 10.5. The van der Waals surface area contributed by atoms with E-state index < -0.39 is 12.7 Å². The molecule has 170 valence electrons. The molecular formula is C19H35F3IN5O. The molecule has 1 aliphatic heterocycles. The van der Waals surface area contributed by atoms with Gasteiger partial charge in [-0.25, -0.2) is 0 Å². The maximum atomic E-state index is 12.5. The number of hydrogen-bond donors (Lipinski definition) is 3. The molecule has 2 aliphatic rings. The highest BCUT2D eigenvalue weighted by Gasteiger charge is 2.34. The highest BCUT2D eigenvalue weighted by Crippen LogP contribution is 2.26. The summed E-state index contributed by atoms with van der Waals surface area (Å²) in [6.07, 6.45) is 3.10. The van der Waals surface area contributed by atoms with E-state index in [2.05, 4.69) is 20.9 Å². The van der Waals surface area contributed by atoms with Gasteiger partial charge in [0, 0.05) is 38.6 Å². The van der Waals surface area contributed by atoms with Gasteiger partial charge >= 0.3 is 6.18 Å². The van der Waals surface area contributed by atoms with Gasteiger partial charge in [0.25, 0.3) is 0 Å². The molecule has 0 aromatic heterocycles. The van der Waals surface area contributed by atoms with Crippen LogP contribution in [0.3, 0.4) is 0 Å². The van der Waals surface area contributed by atoms with Gasteiger partial charge in [-0.15, -0.1) is 24.0 Å². The minimum atomic E-state index is -4.16. The van der Waals surface area contributed by atoms with E-state index in [-0.39, 0.29) is 35.9 Å². The summed E-state index contributed by atoms with van der Waals surface area (Å²) in [4.78, 5) is 17.9. The fourth-order valence-corrected chi connectivity index (χ4v) is 3.95. The van der Waals surface area contributed by atoms with Gasteiger partial charge in [0.05, 0.1) is 13.1 Å². The van der Waals surface area contributed by atoms with Crippen molar-refractivity contribution >= 4 is 35.8 Å². The molecular weight excluding hydrogens is 498 g/mol. The van der Waals surface area contributed by atoms with Crippen molar-refractivity contribution in [1.29, 1.82) is 0 Å². The molecule has 0 aromatic rings. The Kier molecular flexibility index (Phi) is 12.2. The smallest absolute Gasteiger partial charge is 0.357 e. The number of nitrogens with one attached hydrogen (secondary N) is 3. The van der Waals surface area contributed by atoms with Gasteiger partial charge in [0.1, 0.15) is 0 Å². The van der Waals surface area contributed by atoms with Crippen LogP contribution in [0.2, 0.25) is 0 Å². The highest BCUT2D eigenvalue weighted by atomic mass is 127. The van der Waals surface area contributed by atoms with Gasteiger partial charge in [-0.1, -0.05) is 19.3 Å². The third-order valence-corrected chi connectivity index (χ3v) is 5.26. The molecule has 0 radical (unpaired) electrons. The molecule has 0 aromatic carbocycles. The van der Waals surface area contributed by atoms with Crippen molar-refractivity contribution < 1.29 is 18.0 Å². The Labute approximate surface area is 188 Å². The maximum absolute atomic E-state index is 12.5. The Balaban J connectivity index is 0.00000420. The molecule has 6 nitrogen and oxygen atoms in total. The van der Waals surface area contributed by atoms with E-state index in [9.17, 15) is 18.0 Å². The Morgan fingerprint density at radius 1 is 1.14 bits per heavy atom. The SMILES string of the molecule is CCNC(=NCCNC(=O)CC1CCCCC1)NC1CCN(CC(F)(F)F)C1.I. The van der Waals surface area contributed by atoms with Crippen LogP contribution in [-0.4, -0.2) is 68.3 Å². The molecule has 1 aliphatic carbocycles. The van der Waals surface area contributed by atoms with Gasteiger partial charge in [-0.2, -0.15) is 13.2 Å². The van der Waals surface area contributed by atoms with E-state index in [1.54, 1.807) is 0 Å². The summed E-state index contributed by atoms with van der Waals surface area (Å²) in [6, 6.07) is -0.0546. The number of carbonyl (C=O) groups excluding carboxylic acids is 1. The lowest BCUT2D eigenvalue weighted by atomic mass is 9.87. The van der Waals surface area contributed by atoms with Crippen molar-refractivity contribution in [1.82, 2.24) is 20.9 Å². The van der Waals surface area contributed by atoms with Crippen LogP contribution in [0.15, 0.2) is 4.99 Å². The second-order valence-corrected chi connectivity index (χ2v) is 7.80. The average Bonchev–Trinajstić information content (AvgIpc) is 3.04. The molecule has 10 heteroatoms. The predicted molar refractivity (Wildman–Crippen MR) is 120 cm³/mol. The number of alkyl halides is 3. The van der Waals surface area contributed by atoms with Crippen LogP contribution >= 0.6 is 24.0 Å². The lowest BCUT2D eigenvalue weighted by molar-refractivity contribution is -0.143. The molecule has 2 fully saturated rings. The summed E-state index contributed by atoms with van der Waals surface area (Å²) >= 11 is 0. The van der Waals surface area contributed by atoms with Crippen molar-refractivity contribution in [2.75, 3.05) is 39.3 Å². The second-order valence-electron chi connectivity index (χ2n) is 7.80. The Bertz CT molecular complexity index is 513. The average molecular weight is 533 g/mol. The van der Waals surface area contributed by atoms with Crippen molar-refractivity contribution in [3.8, 4) is 0 Å². The molecule has 1 saturated heterocycles. The van der Waals surface area contributed by atoms with Gasteiger partial charge in [-0.3, -0.25) is 14.7 Å². The summed E-state index contributed by atoms with van der Waals surface area (Å²) in [6.45, 7) is 3.41. The first kappa shape index (κ1) is 26.3. The molecule has 29 heavy (non-hydrogen) atoms. The minimum Gasteiger partial charge on any atom is -0.357 e. The first-order valence-electron chi connectivity index (χ1n) is 10.5. The normalized spacial score (nSPS) is 21.5. The van der Waals surface area contributed by atoms with E-state index in [1.165, 1.54) is 24.2 Å². The molecule has 1 saturated carbocycles. The Morgan fingerprint density at radius 3 is 2.52 bits per heavy atom. The topological polar surface area (TPSA) is 68.8 Å². The van der Waals surface area contributed by atoms with E-state index in [0.717, 1.165) is 12.8 Å². The number of rotatable bonds is 8. The first-order chi connectivity index (χ1) is 13.4. The molecule has 1 atom stereocenters. The molecule has 1 heterocycles. The lowest BCUT2D eigenvalue weighted by Gasteiger charge is -2.21. The van der Waals surface area contributed by atoms with Gasteiger partial charge in [-0.05, 0) is 32.1 Å². The fourth-order valence-electron chi connectivity index (χ4n) is 3.95. The van der Waals surface area contributed by atoms with Gasteiger partial charge in [0.15, 0.2) is 5.96 Å². The Morgan fingerprint density at radius 2 is 1.86 bits per heavy atom. The number of likely N-dealkylation sites (tertiary alicyclic amines) is 1. The summed E-state index contributed by atoms with van der Waals surface area (Å²) in [7, 11) is 0. The lowest BCUT2D eigenvalue weighted by Crippen LogP contribution is -2.45. The molecule has 1 amide bonds. The zero-order chi connectivity index (χ0) is 20.4. The van der Waals surface area contributed by atoms with Crippen LogP contribution in [0.25, 0.3) is 0 Å². The van der Waals surface area contributed by atoms with Crippen LogP contribution < -0.4 is 16.0 Å². The molecule has 1 unspecified atom stereocenters. The van der Waals surface area contributed by atoms with Gasteiger partial charge in [0.2, 0.25) is 5.91 Å². The summed E-state index contributed by atoms with van der Waals surface area (Å²) in [5.74, 6) is 1.18. The largest absolute Gasteiger partial charge is 0.401 e. The standard InChI is InChI=1S/C19H34F3N5O.HI/c1-2-23-18(26-16-8-11-27(13-16)14-19(20,21)22)25-10-9-24-17(28)12-15-6-4-3-5-7-15;/h15-16H,2-14H2,1H3,(H,24,28)(H2,23,25,26);1H. The molecule has 3 N–H and O–H groups in total. The Hall–Kier alpha value is -0.780. The van der Waals surface area contributed by atoms with Crippen molar-refractivity contribution in [2.24, 2.45) is 10.9 Å². The van der Waals surface area contributed by atoms with Crippen LogP contribution in [0.1, 0.15) is 51.9 Å². The summed E-state index contributed by atoms with van der Waals surface area (Å²) in [5, 5.41) is 9.23. The van der Waals surface area contributed by atoms with Crippen LogP contribution in [0.5, 0.6) is 0 Å². The highest BCUT2D eigenvalue weighted by molar-refractivity contribution is 14.0. The maximum Gasteiger partial charge on any atom is 0.401 e. The summed E-state index contributed by atoms with van der Waals surface area (Å²) < 4.78 is 37.5. The number of aliphatic imine (C=N–C) groups is 1. The van der Waals surface area contributed by atoms with Crippen LogP contribution in [0, 0.1) is 5.92 Å². The van der Waals surface area contributed by atoms with Crippen LogP contribution in [0.4, 0.5) is 13.2 Å². The number of halogens is 4. The number of amides is 1. The summed E-state index contributed by atoms with van der Waals surface area (Å²) in [5.41, 5.74) is 0. The monoisotopic (exact) mass is 533 g/mol. The van der Waals surface area contributed by atoms with Crippen molar-refractivity contribution in [3.63, 3.8) is 0 Å². The molecule has 2 rings (SSSR count).